The fourth-order valence-electron chi connectivity index (χ4n) is 5.33. The standard InChI is InChI=1S/C34H23N2PS/c38-37(26-11-3-1-4-12-26,27-13-5-2-6-14-27)28-20-17-25(18-21-28)32-30-16-8-7-15-29(30)31-22-19-24-10-9-23-35-33(24)34(31)36-32/h1-23H. The molecule has 0 aliphatic rings. The van der Waals surface area contributed by atoms with E-state index >= 15 is 0 Å². The molecule has 4 heteroatoms. The van der Waals surface area contributed by atoms with Crippen LogP contribution < -0.4 is 15.9 Å². The highest BCUT2D eigenvalue weighted by atomic mass is 32.4. The third kappa shape index (κ3) is 3.67. The van der Waals surface area contributed by atoms with Crippen LogP contribution in [-0.2, 0) is 11.8 Å². The molecule has 0 aliphatic carbocycles. The van der Waals surface area contributed by atoms with Gasteiger partial charge in [0.1, 0.15) is 0 Å². The molecule has 2 heterocycles. The summed E-state index contributed by atoms with van der Waals surface area (Å²) in [5.41, 5.74) is 3.89. The van der Waals surface area contributed by atoms with E-state index in [9.17, 15) is 0 Å². The van der Waals surface area contributed by atoms with Gasteiger partial charge in [-0.25, -0.2) is 4.98 Å². The van der Waals surface area contributed by atoms with Crippen LogP contribution in [0.15, 0.2) is 140 Å². The Morgan fingerprint density at radius 1 is 0.474 bits per heavy atom. The topological polar surface area (TPSA) is 25.8 Å². The third-order valence-electron chi connectivity index (χ3n) is 7.19. The maximum Gasteiger partial charge on any atom is 0.0978 e. The summed E-state index contributed by atoms with van der Waals surface area (Å²) < 4.78 is 0. The van der Waals surface area contributed by atoms with Crippen molar-refractivity contribution in [1.82, 2.24) is 9.97 Å². The van der Waals surface area contributed by atoms with Crippen molar-refractivity contribution in [2.45, 2.75) is 0 Å². The monoisotopic (exact) mass is 522 g/mol. The second-order valence-corrected chi connectivity index (χ2v) is 13.8. The number of nitrogens with zero attached hydrogens (tertiary/aromatic N) is 2. The van der Waals surface area contributed by atoms with Crippen molar-refractivity contribution in [2.75, 3.05) is 0 Å². The summed E-state index contributed by atoms with van der Waals surface area (Å²) in [6.45, 7) is 0. The highest BCUT2D eigenvalue weighted by Crippen LogP contribution is 2.43. The van der Waals surface area contributed by atoms with Crippen LogP contribution in [0.1, 0.15) is 0 Å². The molecule has 38 heavy (non-hydrogen) atoms. The molecule has 0 radical (unpaired) electrons. The van der Waals surface area contributed by atoms with Gasteiger partial charge in [0, 0.05) is 34.0 Å². The zero-order valence-electron chi connectivity index (χ0n) is 20.5. The first-order valence-electron chi connectivity index (χ1n) is 12.6. The number of hydrogen-bond acceptors (Lipinski definition) is 3. The van der Waals surface area contributed by atoms with E-state index in [0.717, 1.165) is 38.4 Å². The average Bonchev–Trinajstić information content (AvgIpc) is 3.01. The van der Waals surface area contributed by atoms with Crippen molar-refractivity contribution in [2.24, 2.45) is 0 Å². The van der Waals surface area contributed by atoms with Crippen molar-refractivity contribution in [1.29, 1.82) is 0 Å². The SMILES string of the molecule is S=P(c1ccccc1)(c1ccccc1)c1ccc(-c2nc3c(ccc4cccnc43)c3ccccc23)cc1. The molecule has 2 nitrogen and oxygen atoms in total. The van der Waals surface area contributed by atoms with E-state index in [0.29, 0.717) is 0 Å². The van der Waals surface area contributed by atoms with Crippen LogP contribution in [-0.4, -0.2) is 9.97 Å². The molecule has 5 aromatic carbocycles. The highest BCUT2D eigenvalue weighted by Gasteiger charge is 2.24. The van der Waals surface area contributed by atoms with Crippen molar-refractivity contribution in [3.63, 3.8) is 0 Å². The summed E-state index contributed by atoms with van der Waals surface area (Å²) >= 11 is 6.54. The minimum absolute atomic E-state index is 0.928. The zero-order valence-corrected chi connectivity index (χ0v) is 22.2. The smallest absolute Gasteiger partial charge is 0.0978 e. The summed E-state index contributed by atoms with van der Waals surface area (Å²) in [5, 5.41) is 8.09. The molecule has 0 N–H and O–H groups in total. The van der Waals surface area contributed by atoms with Crippen molar-refractivity contribution in [3.8, 4) is 11.3 Å². The predicted octanol–water partition coefficient (Wildman–Crippen LogP) is 7.36. The fourth-order valence-corrected chi connectivity index (χ4v) is 9.07. The van der Waals surface area contributed by atoms with E-state index < -0.39 is 6.04 Å². The molecule has 7 aromatic rings. The van der Waals surface area contributed by atoms with Gasteiger partial charge in [0.05, 0.1) is 16.7 Å². The summed E-state index contributed by atoms with van der Waals surface area (Å²) in [4.78, 5) is 9.92. The minimum atomic E-state index is -2.20. The Balaban J connectivity index is 1.44. The average molecular weight is 523 g/mol. The van der Waals surface area contributed by atoms with E-state index in [4.69, 9.17) is 21.8 Å². The molecule has 0 atom stereocenters. The predicted molar refractivity (Wildman–Crippen MR) is 166 cm³/mol. The Kier molecular flexibility index (Phi) is 5.62. The van der Waals surface area contributed by atoms with Crippen LogP contribution >= 0.6 is 6.04 Å². The zero-order chi connectivity index (χ0) is 25.5. The Bertz CT molecular complexity index is 1940. The maximum absolute atomic E-state index is 6.54. The molecule has 7 rings (SSSR count). The first-order valence-corrected chi connectivity index (χ1v) is 15.4. The van der Waals surface area contributed by atoms with Gasteiger partial charge in [-0.3, -0.25) is 4.98 Å². The summed E-state index contributed by atoms with van der Waals surface area (Å²) in [6.07, 6.45) is 1.84. The molecular weight excluding hydrogens is 499 g/mol. The van der Waals surface area contributed by atoms with Gasteiger partial charge in [0.15, 0.2) is 0 Å². The van der Waals surface area contributed by atoms with Gasteiger partial charge in [-0.1, -0.05) is 139 Å². The molecular formula is C34H23N2PS. The number of fused-ring (bicyclic) bond motifs is 5. The van der Waals surface area contributed by atoms with Crippen molar-refractivity contribution >= 4 is 66.3 Å². The molecule has 0 unspecified atom stereocenters. The largest absolute Gasteiger partial charge is 0.254 e. The minimum Gasteiger partial charge on any atom is -0.254 e. The van der Waals surface area contributed by atoms with E-state index in [1.54, 1.807) is 0 Å². The lowest BCUT2D eigenvalue weighted by Crippen LogP contribution is -2.24. The van der Waals surface area contributed by atoms with Crippen LogP contribution in [0, 0.1) is 0 Å². The second-order valence-electron chi connectivity index (χ2n) is 9.37. The molecule has 2 aromatic heterocycles. The highest BCUT2D eigenvalue weighted by molar-refractivity contribution is 8.25. The van der Waals surface area contributed by atoms with E-state index in [1.807, 2.05) is 24.4 Å². The third-order valence-corrected chi connectivity index (χ3v) is 12.2. The van der Waals surface area contributed by atoms with Gasteiger partial charge in [-0.2, -0.15) is 0 Å². The van der Waals surface area contributed by atoms with Gasteiger partial charge in [0.2, 0.25) is 0 Å². The quantitative estimate of drug-likeness (QED) is 0.178. The van der Waals surface area contributed by atoms with Crippen molar-refractivity contribution < 1.29 is 0 Å². The number of benzene rings is 5. The normalized spacial score (nSPS) is 11.8. The Morgan fingerprint density at radius 2 is 1.08 bits per heavy atom. The second kappa shape index (κ2) is 9.29. The van der Waals surface area contributed by atoms with Crippen LogP contribution in [0.5, 0.6) is 0 Å². The van der Waals surface area contributed by atoms with Gasteiger partial charge in [-0.15, -0.1) is 0 Å². The Hall–Kier alpha value is -4.17. The first-order chi connectivity index (χ1) is 18.7. The summed E-state index contributed by atoms with van der Waals surface area (Å²) in [7, 11) is 0. The fraction of sp³-hybridized carbons (Fsp3) is 0. The van der Waals surface area contributed by atoms with E-state index in [2.05, 4.69) is 115 Å². The van der Waals surface area contributed by atoms with E-state index in [1.165, 1.54) is 21.3 Å². The van der Waals surface area contributed by atoms with Crippen molar-refractivity contribution in [3.05, 3.63) is 140 Å². The number of aromatic nitrogens is 2. The molecule has 180 valence electrons. The number of hydrogen-bond donors (Lipinski definition) is 0. The lowest BCUT2D eigenvalue weighted by Gasteiger charge is -2.24. The number of rotatable bonds is 4. The summed E-state index contributed by atoms with van der Waals surface area (Å²) in [6, 6.07) is 44.5. The van der Waals surface area contributed by atoms with Gasteiger partial charge < -0.3 is 0 Å². The molecule has 0 saturated heterocycles. The first kappa shape index (κ1) is 23.0. The Morgan fingerprint density at radius 3 is 1.76 bits per heavy atom. The summed E-state index contributed by atoms with van der Waals surface area (Å²) in [5.74, 6) is 0. The molecule has 0 fully saturated rings. The molecule has 0 amide bonds. The molecule has 0 bridgehead atoms. The van der Waals surface area contributed by atoms with Crippen LogP contribution in [0.25, 0.3) is 43.8 Å². The van der Waals surface area contributed by atoms with Gasteiger partial charge >= 0.3 is 0 Å². The van der Waals surface area contributed by atoms with Crippen LogP contribution in [0.2, 0.25) is 0 Å². The molecule has 0 spiro atoms. The van der Waals surface area contributed by atoms with Crippen LogP contribution in [0.3, 0.4) is 0 Å². The van der Waals surface area contributed by atoms with Gasteiger partial charge in [-0.05, 0) is 27.4 Å². The lowest BCUT2D eigenvalue weighted by molar-refractivity contribution is 1.38. The number of pyridine rings is 2. The molecule has 0 aliphatic heterocycles. The lowest BCUT2D eigenvalue weighted by atomic mass is 9.99. The maximum atomic E-state index is 6.54. The van der Waals surface area contributed by atoms with E-state index in [-0.39, 0.29) is 0 Å². The Labute approximate surface area is 226 Å². The van der Waals surface area contributed by atoms with Crippen LogP contribution in [0.4, 0.5) is 0 Å². The molecule has 0 saturated carbocycles. The van der Waals surface area contributed by atoms with Gasteiger partial charge in [0.25, 0.3) is 0 Å².